The minimum absolute atomic E-state index is 0.454. The molecule has 0 aromatic heterocycles. The maximum Gasteiger partial charge on any atom is 0.0486 e. The summed E-state index contributed by atoms with van der Waals surface area (Å²) in [5.74, 6) is 0. The molecule has 0 aliphatic rings. The Labute approximate surface area is 113 Å². The van der Waals surface area contributed by atoms with Crippen molar-refractivity contribution in [2.75, 3.05) is 6.16 Å². The summed E-state index contributed by atoms with van der Waals surface area (Å²) in [5, 5.41) is 4.08. The fourth-order valence-corrected chi connectivity index (χ4v) is 4.83. The van der Waals surface area contributed by atoms with Crippen LogP contribution in [0, 0.1) is 0 Å². The van der Waals surface area contributed by atoms with Gasteiger partial charge in [-0.15, -0.1) is 0 Å². The molecule has 0 atom stereocenters. The molecule has 0 spiro atoms. The SMILES string of the molecule is CCP(c1ccccc1Cl)c1ccccc1Cl. The number of benzene rings is 2. The Morgan fingerprint density at radius 3 is 1.59 bits per heavy atom. The molecule has 2 aromatic rings. The third kappa shape index (κ3) is 2.83. The van der Waals surface area contributed by atoms with Crippen LogP contribution in [-0.2, 0) is 0 Å². The van der Waals surface area contributed by atoms with Gasteiger partial charge in [-0.05, 0) is 36.8 Å². The molecule has 0 heterocycles. The average molecular weight is 283 g/mol. The molecule has 0 aliphatic heterocycles. The Bertz CT molecular complexity index is 466. The zero-order valence-electron chi connectivity index (χ0n) is 9.53. The molecule has 2 rings (SSSR count). The number of hydrogen-bond acceptors (Lipinski definition) is 0. The maximum absolute atomic E-state index is 6.27. The van der Waals surface area contributed by atoms with Gasteiger partial charge < -0.3 is 0 Å². The van der Waals surface area contributed by atoms with Crippen molar-refractivity contribution >= 4 is 41.7 Å². The van der Waals surface area contributed by atoms with Crippen LogP contribution in [0.3, 0.4) is 0 Å². The standard InChI is InChI=1S/C14H13Cl2P/c1-2-17(13-9-5-3-7-11(13)15)14-10-6-4-8-12(14)16/h3-10H,2H2,1H3. The second-order valence-corrected chi connectivity index (χ2v) is 6.91. The van der Waals surface area contributed by atoms with Crippen LogP contribution in [0.2, 0.25) is 10.0 Å². The van der Waals surface area contributed by atoms with Gasteiger partial charge in [0, 0.05) is 10.0 Å². The third-order valence-electron chi connectivity index (χ3n) is 2.60. The van der Waals surface area contributed by atoms with Gasteiger partial charge in [0.1, 0.15) is 0 Å². The van der Waals surface area contributed by atoms with Gasteiger partial charge >= 0.3 is 0 Å². The van der Waals surface area contributed by atoms with Crippen molar-refractivity contribution in [2.24, 2.45) is 0 Å². The van der Waals surface area contributed by atoms with Crippen molar-refractivity contribution in [3.63, 3.8) is 0 Å². The van der Waals surface area contributed by atoms with Crippen LogP contribution >= 0.6 is 31.1 Å². The van der Waals surface area contributed by atoms with Crippen LogP contribution in [0.5, 0.6) is 0 Å². The third-order valence-corrected chi connectivity index (χ3v) is 6.10. The molecule has 0 N–H and O–H groups in total. The van der Waals surface area contributed by atoms with Crippen molar-refractivity contribution in [2.45, 2.75) is 6.92 Å². The van der Waals surface area contributed by atoms with Gasteiger partial charge in [-0.3, -0.25) is 0 Å². The van der Waals surface area contributed by atoms with Crippen LogP contribution in [-0.4, -0.2) is 6.16 Å². The van der Waals surface area contributed by atoms with E-state index in [1.54, 1.807) is 0 Å². The Balaban J connectivity index is 2.48. The normalized spacial score (nSPS) is 10.8. The molecule has 0 amide bonds. The Kier molecular flexibility index (Phi) is 4.45. The van der Waals surface area contributed by atoms with Crippen LogP contribution < -0.4 is 10.6 Å². The molecule has 88 valence electrons. The molecule has 3 heteroatoms. The topological polar surface area (TPSA) is 0 Å². The van der Waals surface area contributed by atoms with Crippen molar-refractivity contribution in [3.05, 3.63) is 58.6 Å². The highest BCUT2D eigenvalue weighted by Crippen LogP contribution is 2.37. The smallest absolute Gasteiger partial charge is 0.0486 e. The number of halogens is 2. The largest absolute Gasteiger partial charge is 0.0836 e. The minimum atomic E-state index is -0.454. The van der Waals surface area contributed by atoms with Gasteiger partial charge in [0.2, 0.25) is 0 Å². The lowest BCUT2D eigenvalue weighted by Crippen LogP contribution is -2.15. The maximum atomic E-state index is 6.27. The van der Waals surface area contributed by atoms with Crippen LogP contribution in [0.15, 0.2) is 48.5 Å². The van der Waals surface area contributed by atoms with E-state index in [0.717, 1.165) is 16.2 Å². The Morgan fingerprint density at radius 1 is 0.824 bits per heavy atom. The van der Waals surface area contributed by atoms with E-state index < -0.39 is 7.92 Å². The van der Waals surface area contributed by atoms with Crippen molar-refractivity contribution < 1.29 is 0 Å². The first-order valence-corrected chi connectivity index (χ1v) is 7.79. The summed E-state index contributed by atoms with van der Waals surface area (Å²) in [6.45, 7) is 2.18. The lowest BCUT2D eigenvalue weighted by Gasteiger charge is -2.19. The van der Waals surface area contributed by atoms with Crippen molar-refractivity contribution in [1.29, 1.82) is 0 Å². The number of hydrogen-bond donors (Lipinski definition) is 0. The summed E-state index contributed by atoms with van der Waals surface area (Å²) in [6.07, 6.45) is 1.04. The zero-order chi connectivity index (χ0) is 12.3. The van der Waals surface area contributed by atoms with E-state index in [9.17, 15) is 0 Å². The molecule has 0 aliphatic carbocycles. The predicted octanol–water partition coefficient (Wildman–Crippen LogP) is 4.45. The van der Waals surface area contributed by atoms with E-state index in [2.05, 4.69) is 19.1 Å². The summed E-state index contributed by atoms with van der Waals surface area (Å²) in [4.78, 5) is 0. The van der Waals surface area contributed by atoms with E-state index in [-0.39, 0.29) is 0 Å². The Hall–Kier alpha value is -0.550. The molecule has 17 heavy (non-hydrogen) atoms. The van der Waals surface area contributed by atoms with Gasteiger partial charge in [-0.2, -0.15) is 0 Å². The van der Waals surface area contributed by atoms with E-state index >= 15 is 0 Å². The van der Waals surface area contributed by atoms with Gasteiger partial charge in [-0.1, -0.05) is 66.5 Å². The van der Waals surface area contributed by atoms with E-state index in [1.165, 1.54) is 10.6 Å². The van der Waals surface area contributed by atoms with Crippen LogP contribution in [0.4, 0.5) is 0 Å². The summed E-state index contributed by atoms with van der Waals surface area (Å²) >= 11 is 12.5. The summed E-state index contributed by atoms with van der Waals surface area (Å²) in [5.41, 5.74) is 0. The first kappa shape index (κ1) is 12.9. The van der Waals surface area contributed by atoms with E-state index in [0.29, 0.717) is 0 Å². The van der Waals surface area contributed by atoms with Gasteiger partial charge in [0.25, 0.3) is 0 Å². The molecular weight excluding hydrogens is 270 g/mol. The lowest BCUT2D eigenvalue weighted by molar-refractivity contribution is 1.50. The summed E-state index contributed by atoms with van der Waals surface area (Å²) in [7, 11) is -0.454. The molecule has 0 radical (unpaired) electrons. The Morgan fingerprint density at radius 2 is 1.24 bits per heavy atom. The zero-order valence-corrected chi connectivity index (χ0v) is 11.9. The molecule has 0 saturated carbocycles. The predicted molar refractivity (Wildman–Crippen MR) is 79.6 cm³/mol. The fraction of sp³-hybridized carbons (Fsp3) is 0.143. The highest BCUT2D eigenvalue weighted by Gasteiger charge is 2.16. The van der Waals surface area contributed by atoms with Gasteiger partial charge in [0.05, 0.1) is 0 Å². The summed E-state index contributed by atoms with van der Waals surface area (Å²) < 4.78 is 0. The first-order chi connectivity index (χ1) is 8.24. The molecule has 0 nitrogen and oxygen atoms in total. The van der Waals surface area contributed by atoms with Crippen LogP contribution in [0.25, 0.3) is 0 Å². The molecule has 0 bridgehead atoms. The first-order valence-electron chi connectivity index (χ1n) is 5.50. The minimum Gasteiger partial charge on any atom is -0.0836 e. The van der Waals surface area contributed by atoms with Crippen molar-refractivity contribution in [3.8, 4) is 0 Å². The summed E-state index contributed by atoms with van der Waals surface area (Å²) in [6, 6.07) is 16.1. The fourth-order valence-electron chi connectivity index (χ4n) is 1.81. The van der Waals surface area contributed by atoms with Crippen LogP contribution in [0.1, 0.15) is 6.92 Å². The number of rotatable bonds is 3. The molecule has 2 aromatic carbocycles. The van der Waals surface area contributed by atoms with E-state index in [4.69, 9.17) is 23.2 Å². The van der Waals surface area contributed by atoms with Crippen molar-refractivity contribution in [1.82, 2.24) is 0 Å². The lowest BCUT2D eigenvalue weighted by atomic mass is 10.4. The average Bonchev–Trinajstić information content (AvgIpc) is 2.34. The quantitative estimate of drug-likeness (QED) is 0.730. The molecule has 0 saturated heterocycles. The van der Waals surface area contributed by atoms with E-state index in [1.807, 2.05) is 36.4 Å². The molecule has 0 unspecified atom stereocenters. The highest BCUT2D eigenvalue weighted by molar-refractivity contribution is 7.73. The van der Waals surface area contributed by atoms with Gasteiger partial charge in [0.15, 0.2) is 0 Å². The second kappa shape index (κ2) is 5.87. The molecular formula is C14H13Cl2P. The highest BCUT2D eigenvalue weighted by atomic mass is 35.5. The second-order valence-electron chi connectivity index (χ2n) is 3.65. The van der Waals surface area contributed by atoms with Gasteiger partial charge in [-0.25, -0.2) is 0 Å². The monoisotopic (exact) mass is 282 g/mol. The molecule has 0 fully saturated rings.